The minimum absolute atomic E-state index is 0.130. The van der Waals surface area contributed by atoms with E-state index in [-0.39, 0.29) is 19.3 Å². The van der Waals surface area contributed by atoms with Gasteiger partial charge in [0.2, 0.25) is 0 Å². The first-order valence-corrected chi connectivity index (χ1v) is 9.12. The van der Waals surface area contributed by atoms with Gasteiger partial charge < -0.3 is 20.5 Å². The number of hydrogen-bond donors (Lipinski definition) is 2. The Hall–Kier alpha value is -1.63. The van der Waals surface area contributed by atoms with Crippen LogP contribution in [0.15, 0.2) is 30.3 Å². The Morgan fingerprint density at radius 2 is 1.76 bits per heavy atom. The van der Waals surface area contributed by atoms with Crippen LogP contribution in [0.4, 0.5) is 4.79 Å². The fourth-order valence-electron chi connectivity index (χ4n) is 2.52. The molecule has 1 aromatic carbocycles. The van der Waals surface area contributed by atoms with Crippen molar-refractivity contribution in [2.75, 3.05) is 46.4 Å². The molecule has 0 saturated carbocycles. The average Bonchev–Trinajstić information content (AvgIpc) is 2.64. The predicted molar refractivity (Wildman–Crippen MR) is 100 cm³/mol. The summed E-state index contributed by atoms with van der Waals surface area (Å²) in [7, 11) is 1.74. The first-order chi connectivity index (χ1) is 12.2. The molecule has 0 atom stereocenters. The highest BCUT2D eigenvalue weighted by atomic mass is 16.6. The zero-order chi connectivity index (χ0) is 18.3. The highest BCUT2D eigenvalue weighted by molar-refractivity contribution is 5.67. The Kier molecular flexibility index (Phi) is 11.7. The van der Waals surface area contributed by atoms with Crippen LogP contribution in [0.5, 0.6) is 0 Å². The third-order valence-corrected chi connectivity index (χ3v) is 4.11. The minimum Gasteiger partial charge on any atom is -0.445 e. The van der Waals surface area contributed by atoms with E-state index in [1.54, 1.807) is 11.9 Å². The van der Waals surface area contributed by atoms with Crippen molar-refractivity contribution in [3.05, 3.63) is 35.9 Å². The molecule has 142 valence electrons. The number of nitrogens with zero attached hydrogens (tertiary/aromatic N) is 2. The number of ether oxygens (including phenoxy) is 1. The quantitative estimate of drug-likeness (QED) is 0.532. The van der Waals surface area contributed by atoms with E-state index in [1.165, 1.54) is 0 Å². The van der Waals surface area contributed by atoms with Crippen LogP contribution in [0.25, 0.3) is 0 Å². The lowest BCUT2D eigenvalue weighted by atomic mass is 10.2. The second-order valence-electron chi connectivity index (χ2n) is 6.23. The van der Waals surface area contributed by atoms with Crippen molar-refractivity contribution >= 4 is 6.09 Å². The summed E-state index contributed by atoms with van der Waals surface area (Å²) >= 11 is 0. The Morgan fingerprint density at radius 3 is 2.44 bits per heavy atom. The van der Waals surface area contributed by atoms with Gasteiger partial charge in [-0.15, -0.1) is 0 Å². The summed E-state index contributed by atoms with van der Waals surface area (Å²) in [5, 5.41) is 9.20. The first kappa shape index (κ1) is 21.4. The maximum atomic E-state index is 12.0. The standard InChI is InChI=1S/C19H33N3O3/c1-21(19(24)25-17-18-9-5-4-6-10-18)13-14-22(15-16-23)12-8-3-2-7-11-20/h4-6,9-10,23H,2-3,7-8,11-17,20H2,1H3. The smallest absolute Gasteiger partial charge is 0.409 e. The van der Waals surface area contributed by atoms with Crippen LogP contribution in [0.1, 0.15) is 31.2 Å². The van der Waals surface area contributed by atoms with Crippen LogP contribution in [0.2, 0.25) is 0 Å². The normalized spacial score (nSPS) is 10.9. The molecular weight excluding hydrogens is 318 g/mol. The number of aliphatic hydroxyl groups excluding tert-OH is 1. The van der Waals surface area contributed by atoms with Gasteiger partial charge >= 0.3 is 6.09 Å². The summed E-state index contributed by atoms with van der Waals surface area (Å²) < 4.78 is 5.31. The SMILES string of the molecule is CN(CCN(CCO)CCCCCCN)C(=O)OCc1ccccc1. The zero-order valence-corrected chi connectivity index (χ0v) is 15.4. The van der Waals surface area contributed by atoms with Crippen LogP contribution in [-0.4, -0.2) is 67.4 Å². The maximum absolute atomic E-state index is 12.0. The largest absolute Gasteiger partial charge is 0.445 e. The Morgan fingerprint density at radius 1 is 1.04 bits per heavy atom. The number of rotatable bonds is 13. The number of nitrogens with two attached hydrogens (primary N) is 1. The number of unbranched alkanes of at least 4 members (excludes halogenated alkanes) is 3. The summed E-state index contributed by atoms with van der Waals surface area (Å²) in [5.41, 5.74) is 6.47. The van der Waals surface area contributed by atoms with Crippen molar-refractivity contribution < 1.29 is 14.6 Å². The molecule has 0 heterocycles. The van der Waals surface area contributed by atoms with Gasteiger partial charge in [-0.3, -0.25) is 4.90 Å². The van der Waals surface area contributed by atoms with E-state index >= 15 is 0 Å². The van der Waals surface area contributed by atoms with Gasteiger partial charge in [-0.1, -0.05) is 43.2 Å². The van der Waals surface area contributed by atoms with Crippen molar-refractivity contribution in [1.82, 2.24) is 9.80 Å². The molecule has 1 amide bonds. The molecule has 0 spiro atoms. The molecule has 0 radical (unpaired) electrons. The number of hydrogen-bond acceptors (Lipinski definition) is 5. The van der Waals surface area contributed by atoms with Crippen LogP contribution >= 0.6 is 0 Å². The van der Waals surface area contributed by atoms with Crippen LogP contribution < -0.4 is 5.73 Å². The summed E-state index contributed by atoms with van der Waals surface area (Å²) in [6.07, 6.45) is 4.12. The molecule has 6 nitrogen and oxygen atoms in total. The second-order valence-corrected chi connectivity index (χ2v) is 6.23. The highest BCUT2D eigenvalue weighted by Gasteiger charge is 2.12. The maximum Gasteiger partial charge on any atom is 0.409 e. The molecule has 0 aliphatic rings. The number of amides is 1. The highest BCUT2D eigenvalue weighted by Crippen LogP contribution is 2.04. The van der Waals surface area contributed by atoms with E-state index in [4.69, 9.17) is 10.5 Å². The molecule has 0 bridgehead atoms. The number of likely N-dealkylation sites (N-methyl/N-ethyl adjacent to an activating group) is 1. The fraction of sp³-hybridized carbons (Fsp3) is 0.632. The lowest BCUT2D eigenvalue weighted by Gasteiger charge is -2.24. The summed E-state index contributed by atoms with van der Waals surface area (Å²) in [5.74, 6) is 0. The molecule has 0 aliphatic carbocycles. The van der Waals surface area contributed by atoms with E-state index in [0.29, 0.717) is 13.1 Å². The van der Waals surface area contributed by atoms with Crippen molar-refractivity contribution in [2.24, 2.45) is 5.73 Å². The monoisotopic (exact) mass is 351 g/mol. The molecule has 0 aliphatic heterocycles. The van der Waals surface area contributed by atoms with Crippen LogP contribution in [0, 0.1) is 0 Å². The van der Waals surface area contributed by atoms with Gasteiger partial charge in [-0.2, -0.15) is 0 Å². The molecule has 0 fully saturated rings. The van der Waals surface area contributed by atoms with Crippen molar-refractivity contribution in [1.29, 1.82) is 0 Å². The first-order valence-electron chi connectivity index (χ1n) is 9.12. The van der Waals surface area contributed by atoms with E-state index in [2.05, 4.69) is 4.90 Å². The number of carbonyl (C=O) groups is 1. The van der Waals surface area contributed by atoms with Gasteiger partial charge in [0.1, 0.15) is 6.61 Å². The Balaban J connectivity index is 2.25. The van der Waals surface area contributed by atoms with Crippen LogP contribution in [0.3, 0.4) is 0 Å². The molecule has 3 N–H and O–H groups in total. The van der Waals surface area contributed by atoms with Gasteiger partial charge in [-0.25, -0.2) is 4.79 Å². The van der Waals surface area contributed by atoms with E-state index in [1.807, 2.05) is 30.3 Å². The van der Waals surface area contributed by atoms with Crippen LogP contribution in [-0.2, 0) is 11.3 Å². The molecule has 0 aromatic heterocycles. The third kappa shape index (κ3) is 10.1. The lowest BCUT2D eigenvalue weighted by Crippen LogP contribution is -2.38. The van der Waals surface area contributed by atoms with Gasteiger partial charge in [0.05, 0.1) is 6.61 Å². The topological polar surface area (TPSA) is 79.0 Å². The van der Waals surface area contributed by atoms with Gasteiger partial charge in [-0.05, 0) is 31.5 Å². The molecule has 0 unspecified atom stereocenters. The lowest BCUT2D eigenvalue weighted by molar-refractivity contribution is 0.0985. The number of benzene rings is 1. The molecule has 25 heavy (non-hydrogen) atoms. The molecule has 6 heteroatoms. The Labute approximate surface area is 151 Å². The zero-order valence-electron chi connectivity index (χ0n) is 15.4. The van der Waals surface area contributed by atoms with Crippen molar-refractivity contribution in [2.45, 2.75) is 32.3 Å². The molecule has 0 saturated heterocycles. The van der Waals surface area contributed by atoms with Gasteiger partial charge in [0, 0.05) is 26.7 Å². The Bertz CT molecular complexity index is 456. The van der Waals surface area contributed by atoms with Crippen molar-refractivity contribution in [3.8, 4) is 0 Å². The third-order valence-electron chi connectivity index (χ3n) is 4.11. The fourth-order valence-corrected chi connectivity index (χ4v) is 2.52. The average molecular weight is 351 g/mol. The van der Waals surface area contributed by atoms with E-state index in [0.717, 1.165) is 50.9 Å². The second kappa shape index (κ2) is 13.6. The van der Waals surface area contributed by atoms with E-state index < -0.39 is 0 Å². The predicted octanol–water partition coefficient (Wildman–Crippen LogP) is 2.07. The number of aliphatic hydroxyl groups is 1. The van der Waals surface area contributed by atoms with Crippen molar-refractivity contribution in [3.63, 3.8) is 0 Å². The molecular formula is C19H33N3O3. The summed E-state index contributed by atoms with van der Waals surface area (Å²) in [6.45, 7) is 4.03. The summed E-state index contributed by atoms with van der Waals surface area (Å²) in [6, 6.07) is 9.64. The molecule has 1 aromatic rings. The van der Waals surface area contributed by atoms with Gasteiger partial charge in [0.25, 0.3) is 0 Å². The van der Waals surface area contributed by atoms with E-state index in [9.17, 15) is 9.90 Å². The number of carbonyl (C=O) groups excluding carboxylic acids is 1. The van der Waals surface area contributed by atoms with Gasteiger partial charge in [0.15, 0.2) is 0 Å². The summed E-state index contributed by atoms with van der Waals surface area (Å²) in [4.78, 5) is 15.8. The molecule has 1 rings (SSSR count). The minimum atomic E-state index is -0.323.